The molecule has 1 aliphatic heterocycles. The largest absolute Gasteiger partial charge is 0.368 e. The first-order valence-electron chi connectivity index (χ1n) is 7.87. The molecule has 0 spiro atoms. The van der Waals surface area contributed by atoms with Crippen LogP contribution in [0.4, 0.5) is 0 Å². The van der Waals surface area contributed by atoms with Crippen LogP contribution in [0.15, 0.2) is 24.3 Å². The van der Waals surface area contributed by atoms with Crippen molar-refractivity contribution in [3.8, 4) is 0 Å². The van der Waals surface area contributed by atoms with Gasteiger partial charge in [0.05, 0.1) is 0 Å². The van der Waals surface area contributed by atoms with Gasteiger partial charge in [0.2, 0.25) is 5.91 Å². The lowest BCUT2D eigenvalue weighted by Crippen LogP contribution is -2.43. The van der Waals surface area contributed by atoms with E-state index in [1.54, 1.807) is 4.90 Å². The number of rotatable bonds is 3. The van der Waals surface area contributed by atoms with Gasteiger partial charge < -0.3 is 10.6 Å². The van der Waals surface area contributed by atoms with Crippen molar-refractivity contribution in [2.24, 2.45) is 5.73 Å². The molecule has 3 rings (SSSR count). The summed E-state index contributed by atoms with van der Waals surface area (Å²) in [5.41, 5.74) is 7.37. The number of carbonyl (C=O) groups excluding carboxylic acids is 2. The molecule has 0 aromatic heterocycles. The third kappa shape index (κ3) is 2.80. The van der Waals surface area contributed by atoms with Gasteiger partial charge in [0.25, 0.3) is 5.91 Å². The van der Waals surface area contributed by atoms with Gasteiger partial charge >= 0.3 is 0 Å². The molecule has 4 nitrogen and oxygen atoms in total. The summed E-state index contributed by atoms with van der Waals surface area (Å²) in [5, 5.41) is 0. The van der Waals surface area contributed by atoms with Crippen LogP contribution in [0.5, 0.6) is 0 Å². The number of nitrogens with zero attached hydrogens (tertiary/aromatic N) is 1. The number of amides is 2. The molecule has 1 aromatic carbocycles. The lowest BCUT2D eigenvalue weighted by atomic mass is 9.96. The zero-order valence-corrected chi connectivity index (χ0v) is 12.3. The minimum Gasteiger partial charge on any atom is -0.368 e. The monoisotopic (exact) mass is 286 g/mol. The van der Waals surface area contributed by atoms with Crippen LogP contribution in [-0.2, 0) is 4.79 Å². The Morgan fingerprint density at radius 3 is 2.29 bits per heavy atom. The molecule has 1 aromatic rings. The molecule has 112 valence electrons. The number of likely N-dealkylation sites (tertiary alicyclic amines) is 1. The summed E-state index contributed by atoms with van der Waals surface area (Å²) < 4.78 is 0. The van der Waals surface area contributed by atoms with Crippen LogP contribution < -0.4 is 5.73 Å². The van der Waals surface area contributed by atoms with Crippen LogP contribution in [0.3, 0.4) is 0 Å². The van der Waals surface area contributed by atoms with Gasteiger partial charge in [-0.3, -0.25) is 9.59 Å². The normalized spacial score (nSPS) is 22.7. The topological polar surface area (TPSA) is 63.4 Å². The second-order valence-electron chi connectivity index (χ2n) is 6.16. The average Bonchev–Trinajstić information content (AvgIpc) is 3.18. The Hall–Kier alpha value is -1.84. The molecule has 1 heterocycles. The van der Waals surface area contributed by atoms with Crippen LogP contribution in [0.2, 0.25) is 0 Å². The Bertz CT molecular complexity index is 532. The Morgan fingerprint density at radius 1 is 1.00 bits per heavy atom. The van der Waals surface area contributed by atoms with Gasteiger partial charge in [-0.1, -0.05) is 25.0 Å². The molecule has 1 aliphatic carbocycles. The van der Waals surface area contributed by atoms with Crippen LogP contribution in [0.1, 0.15) is 60.4 Å². The Labute approximate surface area is 125 Å². The smallest absolute Gasteiger partial charge is 0.254 e. The summed E-state index contributed by atoms with van der Waals surface area (Å²) >= 11 is 0. The lowest BCUT2D eigenvalue weighted by Gasteiger charge is -2.22. The average molecular weight is 286 g/mol. The highest BCUT2D eigenvalue weighted by Gasteiger charge is 2.33. The highest BCUT2D eigenvalue weighted by Crippen LogP contribution is 2.34. The van der Waals surface area contributed by atoms with Crippen molar-refractivity contribution in [3.63, 3.8) is 0 Å². The number of primary amides is 1. The van der Waals surface area contributed by atoms with Crippen LogP contribution in [0.25, 0.3) is 0 Å². The molecule has 2 aliphatic rings. The zero-order chi connectivity index (χ0) is 14.8. The highest BCUT2D eigenvalue weighted by molar-refractivity contribution is 5.97. The van der Waals surface area contributed by atoms with E-state index in [1.165, 1.54) is 31.2 Å². The van der Waals surface area contributed by atoms with E-state index < -0.39 is 11.9 Å². The summed E-state index contributed by atoms with van der Waals surface area (Å²) in [6.07, 6.45) is 6.64. The van der Waals surface area contributed by atoms with Gasteiger partial charge in [-0.05, 0) is 49.3 Å². The summed E-state index contributed by atoms with van der Waals surface area (Å²) in [7, 11) is 0. The van der Waals surface area contributed by atoms with E-state index in [0.29, 0.717) is 24.4 Å². The van der Waals surface area contributed by atoms with Gasteiger partial charge in [0, 0.05) is 12.1 Å². The van der Waals surface area contributed by atoms with Gasteiger partial charge in [0.15, 0.2) is 0 Å². The molecular formula is C17H22N2O2. The molecule has 21 heavy (non-hydrogen) atoms. The first-order valence-corrected chi connectivity index (χ1v) is 7.87. The highest BCUT2D eigenvalue weighted by atomic mass is 16.2. The summed E-state index contributed by atoms with van der Waals surface area (Å²) in [6, 6.07) is 7.49. The molecule has 4 heteroatoms. The van der Waals surface area contributed by atoms with Crippen molar-refractivity contribution in [3.05, 3.63) is 35.4 Å². The standard InChI is InChI=1S/C17H22N2O2/c18-16(20)15-6-3-11-19(15)17(21)14-9-7-13(8-10-14)12-4-1-2-5-12/h7-10,12,15H,1-6,11H2,(H2,18,20)/t15-/m1/s1. The third-order valence-corrected chi connectivity index (χ3v) is 4.83. The summed E-state index contributed by atoms with van der Waals surface area (Å²) in [5.74, 6) is 0.178. The maximum atomic E-state index is 12.5. The predicted molar refractivity (Wildman–Crippen MR) is 80.9 cm³/mol. The third-order valence-electron chi connectivity index (χ3n) is 4.83. The first kappa shape index (κ1) is 14.1. The van der Waals surface area contributed by atoms with Crippen molar-refractivity contribution < 1.29 is 9.59 Å². The molecule has 2 fully saturated rings. The fourth-order valence-corrected chi connectivity index (χ4v) is 3.63. The summed E-state index contributed by atoms with van der Waals surface area (Å²) in [4.78, 5) is 25.5. The summed E-state index contributed by atoms with van der Waals surface area (Å²) in [6.45, 7) is 0.622. The van der Waals surface area contributed by atoms with Crippen LogP contribution >= 0.6 is 0 Å². The van der Waals surface area contributed by atoms with Gasteiger partial charge in [0.1, 0.15) is 6.04 Å². The van der Waals surface area contributed by atoms with E-state index in [1.807, 2.05) is 12.1 Å². The van der Waals surface area contributed by atoms with Gasteiger partial charge in [-0.2, -0.15) is 0 Å². The molecule has 1 saturated heterocycles. The molecule has 1 saturated carbocycles. The van der Waals surface area contributed by atoms with E-state index in [9.17, 15) is 9.59 Å². The number of carbonyl (C=O) groups is 2. The Balaban J connectivity index is 1.74. The molecular weight excluding hydrogens is 264 g/mol. The predicted octanol–water partition coefficient (Wildman–Crippen LogP) is 2.43. The van der Waals surface area contributed by atoms with Crippen molar-refractivity contribution in [1.29, 1.82) is 0 Å². The van der Waals surface area contributed by atoms with Crippen molar-refractivity contribution in [1.82, 2.24) is 4.90 Å². The number of nitrogens with two attached hydrogens (primary N) is 1. The van der Waals surface area contributed by atoms with Gasteiger partial charge in [-0.25, -0.2) is 0 Å². The number of hydrogen-bond donors (Lipinski definition) is 1. The van der Waals surface area contributed by atoms with Crippen LogP contribution in [-0.4, -0.2) is 29.3 Å². The maximum absolute atomic E-state index is 12.5. The van der Waals surface area contributed by atoms with Crippen molar-refractivity contribution in [2.75, 3.05) is 6.54 Å². The maximum Gasteiger partial charge on any atom is 0.254 e. The van der Waals surface area contributed by atoms with Crippen molar-refractivity contribution in [2.45, 2.75) is 50.5 Å². The van der Waals surface area contributed by atoms with Gasteiger partial charge in [-0.15, -0.1) is 0 Å². The van der Waals surface area contributed by atoms with E-state index in [2.05, 4.69) is 12.1 Å². The fourth-order valence-electron chi connectivity index (χ4n) is 3.63. The SMILES string of the molecule is NC(=O)[C@H]1CCCN1C(=O)c1ccc(C2CCCC2)cc1. The molecule has 2 N–H and O–H groups in total. The molecule has 0 unspecified atom stereocenters. The van der Waals surface area contributed by atoms with E-state index in [-0.39, 0.29) is 5.91 Å². The van der Waals surface area contributed by atoms with E-state index in [4.69, 9.17) is 5.73 Å². The molecule has 0 radical (unpaired) electrons. The quantitative estimate of drug-likeness (QED) is 0.927. The molecule has 1 atom stereocenters. The number of hydrogen-bond acceptors (Lipinski definition) is 2. The second kappa shape index (κ2) is 5.88. The Morgan fingerprint density at radius 2 is 1.67 bits per heavy atom. The minimum atomic E-state index is -0.438. The van der Waals surface area contributed by atoms with Crippen molar-refractivity contribution >= 4 is 11.8 Å². The van der Waals surface area contributed by atoms with E-state index >= 15 is 0 Å². The Kier molecular flexibility index (Phi) is 3.95. The second-order valence-corrected chi connectivity index (χ2v) is 6.16. The molecule has 2 amide bonds. The zero-order valence-electron chi connectivity index (χ0n) is 12.3. The molecule has 0 bridgehead atoms. The minimum absolute atomic E-state index is 0.0747. The number of benzene rings is 1. The van der Waals surface area contributed by atoms with Crippen LogP contribution in [0, 0.1) is 0 Å². The lowest BCUT2D eigenvalue weighted by molar-refractivity contribution is -0.121. The van der Waals surface area contributed by atoms with E-state index in [0.717, 1.165) is 6.42 Å². The first-order chi connectivity index (χ1) is 10.2. The fraction of sp³-hybridized carbons (Fsp3) is 0.529.